The van der Waals surface area contributed by atoms with E-state index >= 15 is 0 Å². The Morgan fingerprint density at radius 3 is 2.53 bits per heavy atom. The quantitative estimate of drug-likeness (QED) is 0.909. The normalized spacial score (nSPS) is 17.5. The Hall–Kier alpha value is -0.960. The third-order valence-electron chi connectivity index (χ3n) is 2.63. The van der Waals surface area contributed by atoms with Gasteiger partial charge in [0.1, 0.15) is 5.75 Å². The molecule has 0 radical (unpaired) electrons. The fraction of sp³-hybridized carbons (Fsp3) is 0.400. The van der Waals surface area contributed by atoms with Crippen LogP contribution in [0.2, 0.25) is 5.02 Å². The topological polar surface area (TPSA) is 72.6 Å². The molecule has 1 saturated heterocycles. The van der Waals surface area contributed by atoms with Crippen molar-refractivity contribution in [3.05, 3.63) is 23.2 Å². The second kappa shape index (κ2) is 5.20. The number of hydrogen-bond donors (Lipinski definition) is 1. The molecular weight excluding hydrogens is 302 g/mol. The highest BCUT2D eigenvalue weighted by Gasteiger charge is 2.34. The van der Waals surface area contributed by atoms with Crippen LogP contribution in [0.15, 0.2) is 23.1 Å². The molecule has 0 atom stereocenters. The average molecular weight is 313 g/mol. The first-order valence-corrected chi connectivity index (χ1v) is 7.12. The second-order valence-corrected chi connectivity index (χ2v) is 6.40. The summed E-state index contributed by atoms with van der Waals surface area (Å²) in [5.41, 5.74) is 5.52. The fourth-order valence-electron chi connectivity index (χ4n) is 1.65. The smallest absolute Gasteiger partial charge is 0.387 e. The molecule has 1 aromatic rings. The summed E-state index contributed by atoms with van der Waals surface area (Å²) < 4.78 is 53.6. The number of hydrogen-bond acceptors (Lipinski definition) is 4. The van der Waals surface area contributed by atoms with Gasteiger partial charge in [-0.15, -0.1) is 0 Å². The van der Waals surface area contributed by atoms with Gasteiger partial charge < -0.3 is 10.5 Å². The molecule has 2 N–H and O–H groups in total. The summed E-state index contributed by atoms with van der Waals surface area (Å²) in [6.07, 6.45) is 0. The van der Waals surface area contributed by atoms with Crippen molar-refractivity contribution in [1.82, 2.24) is 4.31 Å². The van der Waals surface area contributed by atoms with Crippen LogP contribution in [0.1, 0.15) is 0 Å². The van der Waals surface area contributed by atoms with E-state index in [1.165, 1.54) is 10.4 Å². The molecule has 0 bridgehead atoms. The summed E-state index contributed by atoms with van der Waals surface area (Å²) in [5, 5.41) is -0.189. The van der Waals surface area contributed by atoms with Gasteiger partial charge in [0.05, 0.1) is 9.92 Å². The molecule has 1 heterocycles. The van der Waals surface area contributed by atoms with Crippen molar-refractivity contribution < 1.29 is 21.9 Å². The van der Waals surface area contributed by atoms with Crippen LogP contribution in [0.3, 0.4) is 0 Å². The van der Waals surface area contributed by atoms with Crippen molar-refractivity contribution in [2.75, 3.05) is 13.1 Å². The van der Waals surface area contributed by atoms with Gasteiger partial charge in [-0.05, 0) is 18.2 Å². The number of rotatable bonds is 4. The van der Waals surface area contributed by atoms with Gasteiger partial charge in [-0.3, -0.25) is 0 Å². The van der Waals surface area contributed by atoms with E-state index < -0.39 is 16.6 Å². The largest absolute Gasteiger partial charge is 0.433 e. The minimum absolute atomic E-state index is 0.0778. The molecule has 1 aliphatic heterocycles. The fourth-order valence-corrected chi connectivity index (χ4v) is 3.52. The molecule has 1 fully saturated rings. The van der Waals surface area contributed by atoms with E-state index in [-0.39, 0.29) is 34.8 Å². The van der Waals surface area contributed by atoms with Gasteiger partial charge >= 0.3 is 6.61 Å². The first kappa shape index (κ1) is 14.4. The van der Waals surface area contributed by atoms with Crippen LogP contribution >= 0.6 is 11.6 Å². The molecule has 9 heteroatoms. The molecule has 0 aliphatic carbocycles. The first-order chi connectivity index (χ1) is 8.80. The maximum Gasteiger partial charge on any atom is 0.387 e. The monoisotopic (exact) mass is 312 g/mol. The maximum absolute atomic E-state index is 12.1. The van der Waals surface area contributed by atoms with E-state index in [0.717, 1.165) is 12.1 Å². The lowest BCUT2D eigenvalue weighted by molar-refractivity contribution is -0.0498. The Balaban J connectivity index is 2.24. The summed E-state index contributed by atoms with van der Waals surface area (Å²) in [4.78, 5) is -0.0778. The van der Waals surface area contributed by atoms with Crippen LogP contribution in [-0.4, -0.2) is 38.5 Å². The number of nitrogens with zero attached hydrogens (tertiary/aromatic N) is 1. The van der Waals surface area contributed by atoms with E-state index in [1.807, 2.05) is 0 Å². The van der Waals surface area contributed by atoms with Crippen LogP contribution in [0, 0.1) is 0 Å². The molecule has 0 amide bonds. The maximum atomic E-state index is 12.1. The highest BCUT2D eigenvalue weighted by atomic mass is 35.5. The predicted molar refractivity (Wildman–Crippen MR) is 64.8 cm³/mol. The number of nitrogens with two attached hydrogens (primary N) is 1. The molecule has 0 unspecified atom stereocenters. The zero-order valence-electron chi connectivity index (χ0n) is 9.59. The zero-order valence-corrected chi connectivity index (χ0v) is 11.2. The Labute approximate surface area is 113 Å². The van der Waals surface area contributed by atoms with E-state index in [2.05, 4.69) is 4.74 Å². The Kier molecular flexibility index (Phi) is 3.95. The van der Waals surface area contributed by atoms with Gasteiger partial charge in [-0.2, -0.15) is 13.1 Å². The van der Waals surface area contributed by atoms with Gasteiger partial charge in [0.2, 0.25) is 10.0 Å². The summed E-state index contributed by atoms with van der Waals surface area (Å²) in [6.45, 7) is -2.56. The molecule has 106 valence electrons. The van der Waals surface area contributed by atoms with Gasteiger partial charge in [0, 0.05) is 19.1 Å². The molecular formula is C10H11ClF2N2O3S. The predicted octanol–water partition coefficient (Wildman–Crippen LogP) is 1.27. The molecule has 19 heavy (non-hydrogen) atoms. The molecule has 5 nitrogen and oxygen atoms in total. The minimum atomic E-state index is -3.68. The van der Waals surface area contributed by atoms with Crippen molar-refractivity contribution in [1.29, 1.82) is 0 Å². The number of benzene rings is 1. The van der Waals surface area contributed by atoms with Gasteiger partial charge in [-0.1, -0.05) is 11.6 Å². The van der Waals surface area contributed by atoms with E-state index in [9.17, 15) is 17.2 Å². The van der Waals surface area contributed by atoms with E-state index in [4.69, 9.17) is 17.3 Å². The Morgan fingerprint density at radius 1 is 1.42 bits per heavy atom. The number of sulfonamides is 1. The summed E-state index contributed by atoms with van der Waals surface area (Å²) in [6, 6.07) is 3.18. The summed E-state index contributed by atoms with van der Waals surface area (Å²) in [5.74, 6) is -0.268. The molecule has 0 saturated carbocycles. The van der Waals surface area contributed by atoms with Crippen LogP contribution in [0.25, 0.3) is 0 Å². The lowest BCUT2D eigenvalue weighted by Gasteiger charge is -2.35. The van der Waals surface area contributed by atoms with Crippen LogP contribution in [0.5, 0.6) is 5.75 Å². The minimum Gasteiger partial charge on any atom is -0.433 e. The SMILES string of the molecule is NC1CN(S(=O)(=O)c2ccc(OC(F)F)c(Cl)c2)C1. The highest BCUT2D eigenvalue weighted by Crippen LogP contribution is 2.30. The van der Waals surface area contributed by atoms with E-state index in [0.29, 0.717) is 0 Å². The van der Waals surface area contributed by atoms with Crippen LogP contribution < -0.4 is 10.5 Å². The molecule has 1 aromatic carbocycles. The lowest BCUT2D eigenvalue weighted by Crippen LogP contribution is -2.57. The van der Waals surface area contributed by atoms with Crippen molar-refractivity contribution in [3.63, 3.8) is 0 Å². The third kappa shape index (κ3) is 2.97. The van der Waals surface area contributed by atoms with Crippen LogP contribution in [-0.2, 0) is 10.0 Å². The van der Waals surface area contributed by atoms with Gasteiger partial charge in [-0.25, -0.2) is 8.42 Å². The average Bonchev–Trinajstić information content (AvgIpc) is 2.27. The van der Waals surface area contributed by atoms with Crippen molar-refractivity contribution in [2.24, 2.45) is 5.73 Å². The van der Waals surface area contributed by atoms with Gasteiger partial charge in [0.15, 0.2) is 0 Å². The van der Waals surface area contributed by atoms with Crippen LogP contribution in [0.4, 0.5) is 8.78 Å². The molecule has 0 aromatic heterocycles. The first-order valence-electron chi connectivity index (χ1n) is 5.31. The Bertz CT molecular complexity index is 576. The summed E-state index contributed by atoms with van der Waals surface area (Å²) >= 11 is 5.71. The van der Waals surface area contributed by atoms with Crippen molar-refractivity contribution in [3.8, 4) is 5.75 Å². The van der Waals surface area contributed by atoms with Crippen molar-refractivity contribution >= 4 is 21.6 Å². The van der Waals surface area contributed by atoms with Gasteiger partial charge in [0.25, 0.3) is 0 Å². The lowest BCUT2D eigenvalue weighted by atomic mass is 10.2. The molecule has 2 rings (SSSR count). The number of ether oxygens (including phenoxy) is 1. The Morgan fingerprint density at radius 2 is 2.05 bits per heavy atom. The number of alkyl halides is 2. The summed E-state index contributed by atoms with van der Waals surface area (Å²) in [7, 11) is -3.68. The van der Waals surface area contributed by atoms with Crippen molar-refractivity contribution in [2.45, 2.75) is 17.5 Å². The molecule has 1 aliphatic rings. The second-order valence-electron chi connectivity index (χ2n) is 4.05. The third-order valence-corrected chi connectivity index (χ3v) is 4.76. The molecule has 0 spiro atoms. The zero-order chi connectivity index (χ0) is 14.2. The highest BCUT2D eigenvalue weighted by molar-refractivity contribution is 7.89. The number of halogens is 3. The standard InChI is InChI=1S/C10H11ClF2N2O3S/c11-8-3-7(1-2-9(8)18-10(12)13)19(16,17)15-4-6(14)5-15/h1-3,6,10H,4-5,14H2. The van der Waals surface area contributed by atoms with E-state index in [1.54, 1.807) is 0 Å².